The van der Waals surface area contributed by atoms with Crippen LogP contribution in [0.15, 0.2) is 49.1 Å². The lowest BCUT2D eigenvalue weighted by Gasteiger charge is -2.16. The summed E-state index contributed by atoms with van der Waals surface area (Å²) < 4.78 is 18.9. The summed E-state index contributed by atoms with van der Waals surface area (Å²) >= 11 is 0. The van der Waals surface area contributed by atoms with Gasteiger partial charge in [-0.25, -0.2) is 19.3 Å². The Balaban J connectivity index is 1.27. The average molecular weight is 457 g/mol. The van der Waals surface area contributed by atoms with E-state index in [4.69, 9.17) is 0 Å². The van der Waals surface area contributed by atoms with E-state index >= 15 is 0 Å². The molecule has 8 heteroatoms. The van der Waals surface area contributed by atoms with Gasteiger partial charge in [-0.15, -0.1) is 0 Å². The van der Waals surface area contributed by atoms with E-state index in [1.54, 1.807) is 18.5 Å². The number of nitrogens with one attached hydrogen (secondary N) is 1. The van der Waals surface area contributed by atoms with E-state index in [1.165, 1.54) is 6.07 Å². The van der Waals surface area contributed by atoms with Gasteiger partial charge in [-0.3, -0.25) is 4.79 Å². The number of imidazole rings is 2. The molecular weight excluding hydrogens is 431 g/mol. The van der Waals surface area contributed by atoms with Crippen molar-refractivity contribution in [2.75, 3.05) is 5.32 Å². The van der Waals surface area contributed by atoms with Gasteiger partial charge in [-0.1, -0.05) is 6.07 Å². The molecule has 0 bridgehead atoms. The van der Waals surface area contributed by atoms with Gasteiger partial charge < -0.3 is 14.5 Å². The van der Waals surface area contributed by atoms with E-state index < -0.39 is 11.7 Å². The number of pyridine rings is 1. The molecule has 0 saturated heterocycles. The zero-order valence-corrected chi connectivity index (χ0v) is 19.0. The molecule has 172 valence electrons. The first kappa shape index (κ1) is 20.8. The molecule has 0 radical (unpaired) electrons. The summed E-state index contributed by atoms with van der Waals surface area (Å²) in [6.07, 6.45) is 11.1. The van der Waals surface area contributed by atoms with Gasteiger partial charge in [0.15, 0.2) is 0 Å². The Morgan fingerprint density at radius 2 is 2.06 bits per heavy atom. The number of halogens is 1. The summed E-state index contributed by atoms with van der Waals surface area (Å²) in [6.45, 7) is 2.74. The van der Waals surface area contributed by atoms with Crippen LogP contribution in [-0.4, -0.2) is 30.0 Å². The Morgan fingerprint density at radius 3 is 2.91 bits per heavy atom. The van der Waals surface area contributed by atoms with E-state index in [2.05, 4.69) is 24.8 Å². The number of hydrogen-bond donors (Lipinski definition) is 1. The van der Waals surface area contributed by atoms with Crippen molar-refractivity contribution in [3.8, 4) is 17.1 Å². The summed E-state index contributed by atoms with van der Waals surface area (Å²) in [7, 11) is 0. The van der Waals surface area contributed by atoms with E-state index in [0.717, 1.165) is 72.8 Å². The Labute approximate surface area is 196 Å². The smallest absolute Gasteiger partial charge is 0.259 e. The number of benzene rings is 1. The molecule has 4 aromatic rings. The maximum absolute atomic E-state index is 14.8. The predicted octanol–water partition coefficient (Wildman–Crippen LogP) is 5.04. The van der Waals surface area contributed by atoms with E-state index in [0.29, 0.717) is 11.7 Å². The van der Waals surface area contributed by atoms with Crippen molar-refractivity contribution in [2.45, 2.75) is 51.5 Å². The molecule has 2 aliphatic rings. The van der Waals surface area contributed by atoms with Crippen molar-refractivity contribution in [1.29, 1.82) is 0 Å². The third kappa shape index (κ3) is 3.79. The highest BCUT2D eigenvalue weighted by molar-refractivity contribution is 6.04. The monoisotopic (exact) mass is 456 g/mol. The van der Waals surface area contributed by atoms with Crippen molar-refractivity contribution in [3.63, 3.8) is 0 Å². The fourth-order valence-electron chi connectivity index (χ4n) is 4.62. The van der Waals surface area contributed by atoms with E-state index in [-0.39, 0.29) is 5.56 Å². The number of aromatic nitrogens is 5. The van der Waals surface area contributed by atoms with Crippen LogP contribution < -0.4 is 5.32 Å². The maximum atomic E-state index is 14.8. The molecule has 1 aliphatic heterocycles. The zero-order chi connectivity index (χ0) is 23.2. The number of amides is 1. The standard InChI is InChI=1S/C26H25FN6O/c1-16-11-19(27)18(12-22(16)32-14-21(29-15-32)17-8-9-17)26(34)31-24-6-4-5-20(30-24)23-13-28-25-7-2-3-10-33(23)25/h4-6,11-15,17H,2-3,7-10H2,1H3,(H,30,31,34). The van der Waals surface area contributed by atoms with Crippen LogP contribution in [-0.2, 0) is 13.0 Å². The van der Waals surface area contributed by atoms with Crippen molar-refractivity contribution in [3.05, 3.63) is 77.5 Å². The first-order chi connectivity index (χ1) is 16.6. The molecule has 4 heterocycles. The van der Waals surface area contributed by atoms with Gasteiger partial charge in [0.2, 0.25) is 0 Å². The van der Waals surface area contributed by atoms with E-state index in [9.17, 15) is 9.18 Å². The quantitative estimate of drug-likeness (QED) is 0.456. The molecule has 0 spiro atoms. The van der Waals surface area contributed by atoms with Crippen LogP contribution in [0.4, 0.5) is 10.2 Å². The van der Waals surface area contributed by atoms with Crippen LogP contribution in [0.5, 0.6) is 0 Å². The molecule has 0 unspecified atom stereocenters. The van der Waals surface area contributed by atoms with Gasteiger partial charge >= 0.3 is 0 Å². The Bertz CT molecular complexity index is 1400. The summed E-state index contributed by atoms with van der Waals surface area (Å²) in [5.41, 5.74) is 4.14. The highest BCUT2D eigenvalue weighted by Gasteiger charge is 2.26. The van der Waals surface area contributed by atoms with Crippen molar-refractivity contribution < 1.29 is 9.18 Å². The van der Waals surface area contributed by atoms with Gasteiger partial charge in [0, 0.05) is 25.1 Å². The van der Waals surface area contributed by atoms with Crippen LogP contribution in [0.2, 0.25) is 0 Å². The third-order valence-corrected chi connectivity index (χ3v) is 6.63. The van der Waals surface area contributed by atoms with Gasteiger partial charge in [0.1, 0.15) is 17.5 Å². The molecule has 34 heavy (non-hydrogen) atoms. The largest absolute Gasteiger partial charge is 0.327 e. The second kappa shape index (κ2) is 8.20. The van der Waals surface area contributed by atoms with Gasteiger partial charge in [0.25, 0.3) is 5.91 Å². The number of carbonyl (C=O) groups excluding carboxylic acids is 1. The predicted molar refractivity (Wildman–Crippen MR) is 127 cm³/mol. The lowest BCUT2D eigenvalue weighted by molar-refractivity contribution is 0.102. The van der Waals surface area contributed by atoms with Crippen molar-refractivity contribution in [1.82, 2.24) is 24.1 Å². The molecule has 1 aliphatic carbocycles. The lowest BCUT2D eigenvalue weighted by Crippen LogP contribution is -2.16. The van der Waals surface area contributed by atoms with Crippen LogP contribution in [0.25, 0.3) is 17.1 Å². The number of nitrogens with zero attached hydrogens (tertiary/aromatic N) is 5. The number of rotatable bonds is 5. The van der Waals surface area contributed by atoms with Crippen LogP contribution in [0.3, 0.4) is 0 Å². The molecule has 7 nitrogen and oxygen atoms in total. The molecule has 1 aromatic carbocycles. The molecule has 1 amide bonds. The van der Waals surface area contributed by atoms with Crippen molar-refractivity contribution in [2.24, 2.45) is 0 Å². The van der Waals surface area contributed by atoms with Gasteiger partial charge in [0.05, 0.1) is 40.9 Å². The van der Waals surface area contributed by atoms with Gasteiger partial charge in [-0.05, 0) is 62.4 Å². The summed E-state index contributed by atoms with van der Waals surface area (Å²) in [5.74, 6) is 0.846. The average Bonchev–Trinajstić information content (AvgIpc) is 3.41. The molecule has 1 saturated carbocycles. The molecular formula is C26H25FN6O. The Hall–Kier alpha value is -3.81. The molecule has 1 fully saturated rings. The second-order valence-corrected chi connectivity index (χ2v) is 9.13. The van der Waals surface area contributed by atoms with Gasteiger partial charge in [-0.2, -0.15) is 0 Å². The second-order valence-electron chi connectivity index (χ2n) is 9.13. The number of carbonyl (C=O) groups is 1. The van der Waals surface area contributed by atoms with Crippen LogP contribution >= 0.6 is 0 Å². The SMILES string of the molecule is Cc1cc(F)c(C(=O)Nc2cccc(-c3cnc4n3CCCC4)n2)cc1-n1cnc(C2CC2)c1. The van der Waals surface area contributed by atoms with E-state index in [1.807, 2.05) is 36.0 Å². The maximum Gasteiger partial charge on any atom is 0.259 e. The molecule has 6 rings (SSSR count). The third-order valence-electron chi connectivity index (χ3n) is 6.63. The Kier molecular flexibility index (Phi) is 5.01. The minimum Gasteiger partial charge on any atom is -0.327 e. The lowest BCUT2D eigenvalue weighted by atomic mass is 10.1. The first-order valence-electron chi connectivity index (χ1n) is 11.7. The number of hydrogen-bond acceptors (Lipinski definition) is 4. The molecule has 0 atom stereocenters. The summed E-state index contributed by atoms with van der Waals surface area (Å²) in [5, 5.41) is 2.77. The summed E-state index contributed by atoms with van der Waals surface area (Å²) in [4.78, 5) is 26.7. The minimum absolute atomic E-state index is 0.0313. The fraction of sp³-hybridized carbons (Fsp3) is 0.308. The van der Waals surface area contributed by atoms with Crippen LogP contribution in [0.1, 0.15) is 59.0 Å². The number of aryl methyl sites for hydroxylation is 2. The fourth-order valence-corrected chi connectivity index (χ4v) is 4.62. The highest BCUT2D eigenvalue weighted by Crippen LogP contribution is 2.39. The topological polar surface area (TPSA) is 77.6 Å². The van der Waals surface area contributed by atoms with Crippen LogP contribution in [0, 0.1) is 12.7 Å². The minimum atomic E-state index is -0.567. The Morgan fingerprint density at radius 1 is 1.18 bits per heavy atom. The summed E-state index contributed by atoms with van der Waals surface area (Å²) in [6, 6.07) is 8.41. The highest BCUT2D eigenvalue weighted by atomic mass is 19.1. The molecule has 3 aromatic heterocycles. The number of anilines is 1. The first-order valence-corrected chi connectivity index (χ1v) is 11.7. The number of fused-ring (bicyclic) bond motifs is 1. The van der Waals surface area contributed by atoms with Crippen molar-refractivity contribution >= 4 is 11.7 Å². The normalized spacial score (nSPS) is 15.2. The zero-order valence-electron chi connectivity index (χ0n) is 19.0. The molecule has 1 N–H and O–H groups in total.